The number of aryl methyl sites for hydroxylation is 1. The van der Waals surface area contributed by atoms with E-state index in [1.807, 2.05) is 0 Å². The van der Waals surface area contributed by atoms with Crippen molar-refractivity contribution in [2.75, 3.05) is 0 Å². The fraction of sp³-hybridized carbons (Fsp3) is 0.529. The van der Waals surface area contributed by atoms with E-state index in [0.717, 1.165) is 5.56 Å². The maximum atomic E-state index is 13.4. The van der Waals surface area contributed by atoms with E-state index in [-0.39, 0.29) is 15.7 Å². The number of benzene rings is 1. The number of halogens is 4. The number of aliphatic hydroxyl groups is 1. The van der Waals surface area contributed by atoms with Crippen LogP contribution < -0.4 is 0 Å². The van der Waals surface area contributed by atoms with Crippen LogP contribution in [0, 0.1) is 12.3 Å². The summed E-state index contributed by atoms with van der Waals surface area (Å²) in [5, 5.41) is 14.5. The molecule has 1 aromatic carbocycles. The van der Waals surface area contributed by atoms with Crippen LogP contribution in [-0.2, 0) is 11.2 Å². The molecule has 1 aromatic rings. The van der Waals surface area contributed by atoms with E-state index >= 15 is 0 Å². The molecular formula is C17H20ClF3N2O2. The number of hydrogen-bond acceptors (Lipinski definition) is 3. The summed E-state index contributed by atoms with van der Waals surface area (Å²) < 4.78 is 40.3. The number of carbonyl (C=O) groups is 1. The van der Waals surface area contributed by atoms with Crippen LogP contribution in [0.5, 0.6) is 0 Å². The van der Waals surface area contributed by atoms with Gasteiger partial charge in [0, 0.05) is 22.6 Å². The molecule has 1 atom stereocenters. The van der Waals surface area contributed by atoms with Gasteiger partial charge in [-0.25, -0.2) is 0 Å². The molecule has 0 saturated heterocycles. The molecule has 0 spiro atoms. The van der Waals surface area contributed by atoms with E-state index in [9.17, 15) is 23.1 Å². The van der Waals surface area contributed by atoms with Gasteiger partial charge in [0.15, 0.2) is 0 Å². The van der Waals surface area contributed by atoms with Crippen LogP contribution in [0.25, 0.3) is 0 Å². The summed E-state index contributed by atoms with van der Waals surface area (Å²) in [7, 11) is 0. The first-order valence-electron chi connectivity index (χ1n) is 7.71. The Kier molecular flexibility index (Phi) is 4.96. The molecule has 1 amide bonds. The van der Waals surface area contributed by atoms with Crippen molar-refractivity contribution in [2.24, 2.45) is 10.5 Å². The standard InChI is InChI=1S/C17H20ClF3N2O2/c1-10-5-6-11(12(18)7-10)8-14(24)23-16(25,17(19,20)21)9-13(22-23)15(2,3)4/h5-7,25H,8-9H2,1-4H3/t16-/m0/s1. The first-order valence-corrected chi connectivity index (χ1v) is 8.08. The summed E-state index contributed by atoms with van der Waals surface area (Å²) >= 11 is 6.05. The number of rotatable bonds is 2. The highest BCUT2D eigenvalue weighted by molar-refractivity contribution is 6.31. The Labute approximate surface area is 149 Å². The minimum atomic E-state index is -5.03. The molecule has 138 valence electrons. The summed E-state index contributed by atoms with van der Waals surface area (Å²) in [5.41, 5.74) is -2.71. The van der Waals surface area contributed by atoms with Crippen molar-refractivity contribution in [3.05, 3.63) is 34.3 Å². The topological polar surface area (TPSA) is 52.9 Å². The van der Waals surface area contributed by atoms with E-state index in [1.165, 1.54) is 0 Å². The van der Waals surface area contributed by atoms with Gasteiger partial charge >= 0.3 is 6.18 Å². The Morgan fingerprint density at radius 1 is 1.36 bits per heavy atom. The minimum Gasteiger partial charge on any atom is -0.362 e. The van der Waals surface area contributed by atoms with Gasteiger partial charge in [-0.05, 0) is 24.1 Å². The third-order valence-electron chi connectivity index (χ3n) is 4.09. The zero-order valence-electron chi connectivity index (χ0n) is 14.4. The molecule has 0 unspecified atom stereocenters. The predicted octanol–water partition coefficient (Wildman–Crippen LogP) is 4.08. The molecule has 4 nitrogen and oxygen atoms in total. The molecule has 1 N–H and O–H groups in total. The quantitative estimate of drug-likeness (QED) is 0.845. The van der Waals surface area contributed by atoms with Gasteiger partial charge in [-0.15, -0.1) is 0 Å². The summed E-state index contributed by atoms with van der Waals surface area (Å²) in [5.74, 6) is -0.968. The average molecular weight is 377 g/mol. The largest absolute Gasteiger partial charge is 0.438 e. The van der Waals surface area contributed by atoms with Gasteiger partial charge in [-0.1, -0.05) is 44.5 Å². The summed E-state index contributed by atoms with van der Waals surface area (Å²) in [6, 6.07) is 4.90. The normalized spacial score (nSPS) is 21.5. The monoisotopic (exact) mass is 376 g/mol. The Bertz CT molecular complexity index is 726. The van der Waals surface area contributed by atoms with E-state index < -0.39 is 36.1 Å². The molecule has 0 fully saturated rings. The lowest BCUT2D eigenvalue weighted by Crippen LogP contribution is -2.57. The third kappa shape index (κ3) is 3.82. The van der Waals surface area contributed by atoms with Gasteiger partial charge in [0.1, 0.15) is 0 Å². The molecule has 1 heterocycles. The predicted molar refractivity (Wildman–Crippen MR) is 89.3 cm³/mol. The van der Waals surface area contributed by atoms with Crippen LogP contribution in [0.2, 0.25) is 5.02 Å². The maximum Gasteiger partial charge on any atom is 0.438 e. The summed E-state index contributed by atoms with van der Waals surface area (Å²) in [4.78, 5) is 12.5. The van der Waals surface area contributed by atoms with Gasteiger partial charge in [0.2, 0.25) is 5.91 Å². The number of amides is 1. The number of nitrogens with zero attached hydrogens (tertiary/aromatic N) is 2. The number of carbonyl (C=O) groups excluding carboxylic acids is 1. The molecule has 0 aromatic heterocycles. The minimum absolute atomic E-state index is 0.107. The Morgan fingerprint density at radius 2 is 1.96 bits per heavy atom. The van der Waals surface area contributed by atoms with Crippen LogP contribution >= 0.6 is 11.6 Å². The van der Waals surface area contributed by atoms with Crippen LogP contribution in [-0.4, -0.2) is 33.6 Å². The molecule has 25 heavy (non-hydrogen) atoms. The van der Waals surface area contributed by atoms with Crippen LogP contribution in [0.1, 0.15) is 38.3 Å². The van der Waals surface area contributed by atoms with Gasteiger partial charge in [0.25, 0.3) is 5.72 Å². The Balaban J connectivity index is 2.38. The number of hydrazone groups is 1. The van der Waals surface area contributed by atoms with E-state index in [4.69, 9.17) is 11.6 Å². The maximum absolute atomic E-state index is 13.4. The SMILES string of the molecule is Cc1ccc(CC(=O)N2N=C(C(C)(C)C)C[C@]2(O)C(F)(F)F)c(Cl)c1. The lowest BCUT2D eigenvalue weighted by atomic mass is 9.86. The van der Waals surface area contributed by atoms with E-state index in [0.29, 0.717) is 5.56 Å². The number of alkyl halides is 3. The zero-order valence-corrected chi connectivity index (χ0v) is 15.2. The Hall–Kier alpha value is -1.60. The highest BCUT2D eigenvalue weighted by atomic mass is 35.5. The molecule has 2 rings (SSSR count). The van der Waals surface area contributed by atoms with E-state index in [1.54, 1.807) is 45.9 Å². The van der Waals surface area contributed by atoms with Crippen LogP contribution in [0.15, 0.2) is 23.3 Å². The first kappa shape index (κ1) is 19.7. The Morgan fingerprint density at radius 3 is 2.44 bits per heavy atom. The molecule has 0 radical (unpaired) electrons. The second kappa shape index (κ2) is 6.29. The molecule has 0 bridgehead atoms. The van der Waals surface area contributed by atoms with Crippen LogP contribution in [0.3, 0.4) is 0 Å². The summed E-state index contributed by atoms with van der Waals surface area (Å²) in [6.07, 6.45) is -6.19. The van der Waals surface area contributed by atoms with Crippen molar-refractivity contribution in [1.82, 2.24) is 5.01 Å². The van der Waals surface area contributed by atoms with Crippen molar-refractivity contribution in [3.8, 4) is 0 Å². The van der Waals surface area contributed by atoms with Gasteiger partial charge in [-0.3, -0.25) is 4.79 Å². The van der Waals surface area contributed by atoms with Gasteiger partial charge in [-0.2, -0.15) is 23.3 Å². The lowest BCUT2D eigenvalue weighted by molar-refractivity contribution is -0.302. The molecule has 1 aliphatic rings. The average Bonchev–Trinajstić information content (AvgIpc) is 2.81. The van der Waals surface area contributed by atoms with Crippen molar-refractivity contribution in [3.63, 3.8) is 0 Å². The van der Waals surface area contributed by atoms with Crippen molar-refractivity contribution < 1.29 is 23.1 Å². The van der Waals surface area contributed by atoms with Gasteiger partial charge in [0.05, 0.1) is 6.42 Å². The molecular weight excluding hydrogens is 357 g/mol. The van der Waals surface area contributed by atoms with Crippen molar-refractivity contribution >= 4 is 23.2 Å². The smallest absolute Gasteiger partial charge is 0.362 e. The molecule has 0 aliphatic carbocycles. The summed E-state index contributed by atoms with van der Waals surface area (Å²) in [6.45, 7) is 6.83. The molecule has 0 saturated carbocycles. The molecule has 1 aliphatic heterocycles. The lowest BCUT2D eigenvalue weighted by Gasteiger charge is -2.33. The van der Waals surface area contributed by atoms with Crippen LogP contribution in [0.4, 0.5) is 13.2 Å². The highest BCUT2D eigenvalue weighted by Crippen LogP contribution is 2.43. The van der Waals surface area contributed by atoms with Crippen molar-refractivity contribution in [2.45, 2.75) is 52.4 Å². The number of hydrogen-bond donors (Lipinski definition) is 1. The van der Waals surface area contributed by atoms with Gasteiger partial charge < -0.3 is 5.11 Å². The van der Waals surface area contributed by atoms with E-state index in [2.05, 4.69) is 5.10 Å². The van der Waals surface area contributed by atoms with Crippen molar-refractivity contribution in [1.29, 1.82) is 0 Å². The zero-order chi connectivity index (χ0) is 19.2. The second-order valence-electron chi connectivity index (χ2n) is 7.27. The fourth-order valence-corrected chi connectivity index (χ4v) is 2.78. The first-order chi connectivity index (χ1) is 11.3. The molecule has 8 heteroatoms. The fourth-order valence-electron chi connectivity index (χ4n) is 2.48. The second-order valence-corrected chi connectivity index (χ2v) is 7.67. The third-order valence-corrected chi connectivity index (χ3v) is 4.44. The highest BCUT2D eigenvalue weighted by Gasteiger charge is 2.63.